The number of halogens is 1. The second-order valence-electron chi connectivity index (χ2n) is 9.07. The van der Waals surface area contributed by atoms with E-state index in [2.05, 4.69) is 18.8 Å². The number of benzene rings is 1. The maximum Gasteiger partial charge on any atom is 0.262 e. The van der Waals surface area contributed by atoms with Crippen molar-refractivity contribution in [1.82, 2.24) is 14.5 Å². The highest BCUT2D eigenvalue weighted by Crippen LogP contribution is 2.33. The van der Waals surface area contributed by atoms with Crippen LogP contribution in [0, 0.1) is 5.92 Å². The lowest BCUT2D eigenvalue weighted by Crippen LogP contribution is -2.43. The number of rotatable bonds is 8. The first-order valence-electron chi connectivity index (χ1n) is 11.0. The van der Waals surface area contributed by atoms with Gasteiger partial charge in [0.05, 0.1) is 28.2 Å². The number of carbonyl (C=O) groups is 1. The third-order valence-electron chi connectivity index (χ3n) is 5.97. The first kappa shape index (κ1) is 23.6. The topological polar surface area (TPSA) is 89.3 Å². The number of hydrogen-bond donors (Lipinski definition) is 0. The molecule has 10 heteroatoms. The number of amides is 1. The number of aromatic nitrogens is 2. The Morgan fingerprint density at radius 2 is 2.03 bits per heavy atom. The number of nitrogens with zero attached hydrogens (tertiary/aromatic N) is 3. The zero-order chi connectivity index (χ0) is 23.0. The standard InChI is InChI=1S/C22H28ClN3O4S2/c1-14(2)7-9-25-21(28)18-6-3-15(23)11-19(18)24-22(25)31-12-20(27)26(16-4-5-16)17-8-10-32(29,30)13-17/h3,6,11,14,16-17H,4-5,7-10,12-13H2,1-2H3. The van der Waals surface area contributed by atoms with Crippen molar-refractivity contribution >= 4 is 50.0 Å². The molecule has 1 saturated heterocycles. The molecular weight excluding hydrogens is 470 g/mol. The van der Waals surface area contributed by atoms with Crippen LogP contribution in [0.5, 0.6) is 0 Å². The summed E-state index contributed by atoms with van der Waals surface area (Å²) < 4.78 is 25.5. The fourth-order valence-corrected chi connectivity index (χ4v) is 6.89. The minimum Gasteiger partial charge on any atom is -0.335 e. The van der Waals surface area contributed by atoms with Crippen molar-refractivity contribution in [2.45, 2.75) is 63.3 Å². The molecule has 7 nitrogen and oxygen atoms in total. The van der Waals surface area contributed by atoms with Gasteiger partial charge in [-0.3, -0.25) is 14.2 Å². The molecule has 174 valence electrons. The zero-order valence-corrected chi connectivity index (χ0v) is 20.7. The predicted molar refractivity (Wildman–Crippen MR) is 128 cm³/mol. The minimum absolute atomic E-state index is 0.0473. The molecule has 1 amide bonds. The Morgan fingerprint density at radius 3 is 2.66 bits per heavy atom. The molecule has 2 aromatic rings. The fourth-order valence-electron chi connectivity index (χ4n) is 4.12. The van der Waals surface area contributed by atoms with Gasteiger partial charge in [0.25, 0.3) is 5.56 Å². The van der Waals surface area contributed by atoms with Crippen molar-refractivity contribution < 1.29 is 13.2 Å². The van der Waals surface area contributed by atoms with Crippen molar-refractivity contribution in [3.05, 3.63) is 33.6 Å². The molecule has 1 aliphatic heterocycles. The van der Waals surface area contributed by atoms with Gasteiger partial charge in [-0.15, -0.1) is 0 Å². The molecule has 4 rings (SSSR count). The van der Waals surface area contributed by atoms with Gasteiger partial charge in [-0.1, -0.05) is 37.2 Å². The number of hydrogen-bond acceptors (Lipinski definition) is 6. The molecule has 1 aromatic heterocycles. The largest absolute Gasteiger partial charge is 0.335 e. The van der Waals surface area contributed by atoms with Crippen LogP contribution in [0.4, 0.5) is 0 Å². The van der Waals surface area contributed by atoms with E-state index >= 15 is 0 Å². The Kier molecular flexibility index (Phi) is 6.89. The summed E-state index contributed by atoms with van der Waals surface area (Å²) in [4.78, 5) is 32.8. The van der Waals surface area contributed by atoms with Crippen molar-refractivity contribution in [3.8, 4) is 0 Å². The molecule has 1 saturated carbocycles. The molecule has 1 atom stereocenters. The van der Waals surface area contributed by atoms with Crippen LogP contribution in [0.25, 0.3) is 10.9 Å². The molecule has 1 unspecified atom stereocenters. The smallest absolute Gasteiger partial charge is 0.262 e. The number of thioether (sulfide) groups is 1. The summed E-state index contributed by atoms with van der Waals surface area (Å²) in [6, 6.07) is 4.92. The van der Waals surface area contributed by atoms with Crippen LogP contribution in [0.15, 0.2) is 28.2 Å². The van der Waals surface area contributed by atoms with Crippen molar-refractivity contribution in [2.75, 3.05) is 17.3 Å². The molecule has 0 radical (unpaired) electrons. The summed E-state index contributed by atoms with van der Waals surface area (Å²) >= 11 is 7.35. The second kappa shape index (κ2) is 9.35. The van der Waals surface area contributed by atoms with Gasteiger partial charge in [-0.05, 0) is 49.8 Å². The lowest BCUT2D eigenvalue weighted by atomic mass is 10.1. The van der Waals surface area contributed by atoms with E-state index in [0.717, 1.165) is 19.3 Å². The average Bonchev–Trinajstić information content (AvgIpc) is 3.48. The molecule has 2 heterocycles. The summed E-state index contributed by atoms with van der Waals surface area (Å²) in [6.45, 7) is 4.71. The summed E-state index contributed by atoms with van der Waals surface area (Å²) in [5, 5.41) is 1.50. The molecule has 0 N–H and O–H groups in total. The highest BCUT2D eigenvalue weighted by Gasteiger charge is 2.42. The van der Waals surface area contributed by atoms with Crippen LogP contribution >= 0.6 is 23.4 Å². The van der Waals surface area contributed by atoms with E-state index in [1.54, 1.807) is 27.7 Å². The van der Waals surface area contributed by atoms with Crippen LogP contribution in [-0.2, 0) is 21.2 Å². The molecular formula is C22H28ClN3O4S2. The molecule has 2 aliphatic rings. The van der Waals surface area contributed by atoms with Gasteiger partial charge < -0.3 is 4.90 Å². The van der Waals surface area contributed by atoms with Gasteiger partial charge in [0.1, 0.15) is 0 Å². The zero-order valence-electron chi connectivity index (χ0n) is 18.3. The number of sulfone groups is 1. The first-order valence-corrected chi connectivity index (χ1v) is 14.2. The van der Waals surface area contributed by atoms with Gasteiger partial charge in [-0.2, -0.15) is 0 Å². The molecule has 0 bridgehead atoms. The lowest BCUT2D eigenvalue weighted by Gasteiger charge is -2.28. The van der Waals surface area contributed by atoms with Gasteiger partial charge in [0, 0.05) is 23.7 Å². The normalized spacial score (nSPS) is 20.2. The maximum absolute atomic E-state index is 13.2. The van der Waals surface area contributed by atoms with Crippen LogP contribution in [-0.4, -0.2) is 58.1 Å². The van der Waals surface area contributed by atoms with Crippen LogP contribution in [0.3, 0.4) is 0 Å². The number of fused-ring (bicyclic) bond motifs is 1. The SMILES string of the molecule is CC(C)CCn1c(SCC(=O)N(C2CC2)C2CCS(=O)(=O)C2)nc2cc(Cl)ccc2c1=O. The predicted octanol–water partition coefficient (Wildman–Crippen LogP) is 3.37. The van der Waals surface area contributed by atoms with E-state index in [-0.39, 0.29) is 40.8 Å². The van der Waals surface area contributed by atoms with Crippen LogP contribution < -0.4 is 5.56 Å². The third kappa shape index (κ3) is 5.31. The van der Waals surface area contributed by atoms with Gasteiger partial charge >= 0.3 is 0 Å². The highest BCUT2D eigenvalue weighted by atomic mass is 35.5. The van der Waals surface area contributed by atoms with E-state index in [1.807, 2.05) is 0 Å². The van der Waals surface area contributed by atoms with Crippen LogP contribution in [0.1, 0.15) is 39.5 Å². The minimum atomic E-state index is -3.07. The van der Waals surface area contributed by atoms with Crippen LogP contribution in [0.2, 0.25) is 5.02 Å². The van der Waals surface area contributed by atoms with E-state index in [0.29, 0.717) is 40.0 Å². The second-order valence-corrected chi connectivity index (χ2v) is 12.7. The monoisotopic (exact) mass is 497 g/mol. The quantitative estimate of drug-likeness (QED) is 0.410. The van der Waals surface area contributed by atoms with Crippen molar-refractivity contribution in [2.24, 2.45) is 5.92 Å². The Balaban J connectivity index is 1.59. The van der Waals surface area contributed by atoms with Crippen molar-refractivity contribution in [3.63, 3.8) is 0 Å². The summed E-state index contributed by atoms with van der Waals surface area (Å²) in [6.07, 6.45) is 3.15. The Labute approximate surface area is 197 Å². The van der Waals surface area contributed by atoms with E-state index in [4.69, 9.17) is 11.6 Å². The maximum atomic E-state index is 13.2. The van der Waals surface area contributed by atoms with Gasteiger partial charge in [0.15, 0.2) is 15.0 Å². The summed E-state index contributed by atoms with van der Waals surface area (Å²) in [5.41, 5.74) is 0.377. The average molecular weight is 498 g/mol. The fraction of sp³-hybridized carbons (Fsp3) is 0.591. The Bertz CT molecular complexity index is 1190. The molecule has 1 aromatic carbocycles. The van der Waals surface area contributed by atoms with Gasteiger partial charge in [-0.25, -0.2) is 13.4 Å². The highest BCUT2D eigenvalue weighted by molar-refractivity contribution is 7.99. The van der Waals surface area contributed by atoms with Gasteiger partial charge in [0.2, 0.25) is 5.91 Å². The number of carbonyl (C=O) groups excluding carboxylic acids is 1. The summed E-state index contributed by atoms with van der Waals surface area (Å²) in [5.74, 6) is 0.634. The molecule has 32 heavy (non-hydrogen) atoms. The molecule has 1 aliphatic carbocycles. The van der Waals surface area contributed by atoms with Crippen molar-refractivity contribution in [1.29, 1.82) is 0 Å². The Hall–Kier alpha value is -1.58. The lowest BCUT2D eigenvalue weighted by molar-refractivity contribution is -0.130. The van der Waals surface area contributed by atoms with E-state index in [1.165, 1.54) is 11.8 Å². The van der Waals surface area contributed by atoms with E-state index in [9.17, 15) is 18.0 Å². The third-order valence-corrected chi connectivity index (χ3v) is 8.91. The Morgan fingerprint density at radius 1 is 1.28 bits per heavy atom. The first-order chi connectivity index (χ1) is 15.1. The molecule has 0 spiro atoms. The van der Waals surface area contributed by atoms with E-state index < -0.39 is 9.84 Å². The molecule has 2 fully saturated rings. The summed E-state index contributed by atoms with van der Waals surface area (Å²) in [7, 11) is -3.07.